The van der Waals surface area contributed by atoms with E-state index in [1.54, 1.807) is 12.1 Å². The number of cyclic esters (lactones) is 1. The maximum Gasteiger partial charge on any atom is 0.414 e. The Morgan fingerprint density at radius 3 is 2.69 bits per heavy atom. The van der Waals surface area contributed by atoms with Gasteiger partial charge in [0.25, 0.3) is 0 Å². The summed E-state index contributed by atoms with van der Waals surface area (Å²) in [5, 5.41) is 15.3. The van der Waals surface area contributed by atoms with Crippen molar-refractivity contribution in [1.82, 2.24) is 20.2 Å². The number of nitrogens with one attached hydrogen (secondary N) is 1. The molecule has 1 aliphatic heterocycles. The Hall–Kier alpha value is -3.75. The monoisotopic (exact) mass is 392 g/mol. The van der Waals surface area contributed by atoms with Crippen LogP contribution in [0.4, 0.5) is 16.2 Å². The van der Waals surface area contributed by atoms with Gasteiger partial charge in [0.15, 0.2) is 0 Å². The number of hydrogen-bond donors (Lipinski definition) is 1. The van der Waals surface area contributed by atoms with Gasteiger partial charge in [0, 0.05) is 12.0 Å². The largest absolute Gasteiger partial charge is 0.447 e. The average Bonchev–Trinajstić information content (AvgIpc) is 3.38. The van der Waals surface area contributed by atoms with E-state index in [0.717, 1.165) is 5.56 Å². The Bertz CT molecular complexity index is 1000. The molecule has 29 heavy (non-hydrogen) atoms. The number of aromatic nitrogens is 4. The van der Waals surface area contributed by atoms with Crippen LogP contribution in [0.1, 0.15) is 12.8 Å². The fraction of sp³-hybridized carbons (Fsp3) is 0.250. The van der Waals surface area contributed by atoms with Crippen LogP contribution < -0.4 is 10.2 Å². The molecule has 4 rings (SSSR count). The molecule has 0 atom stereocenters. The molecule has 0 saturated carbocycles. The van der Waals surface area contributed by atoms with Crippen LogP contribution in [-0.4, -0.2) is 45.4 Å². The van der Waals surface area contributed by atoms with Crippen molar-refractivity contribution in [3.05, 3.63) is 54.6 Å². The number of nitrogens with zero attached hydrogens (tertiary/aromatic N) is 5. The smallest absolute Gasteiger partial charge is 0.414 e. The molecule has 148 valence electrons. The molecule has 1 aromatic heterocycles. The number of ether oxygens (including phenoxy) is 1. The van der Waals surface area contributed by atoms with E-state index in [9.17, 15) is 9.59 Å². The van der Waals surface area contributed by atoms with Crippen molar-refractivity contribution in [2.45, 2.75) is 19.4 Å². The van der Waals surface area contributed by atoms with Crippen LogP contribution in [0.15, 0.2) is 54.6 Å². The molecule has 0 radical (unpaired) electrons. The summed E-state index contributed by atoms with van der Waals surface area (Å²) in [5.41, 5.74) is 2.11. The molecule has 2 amide bonds. The zero-order valence-electron chi connectivity index (χ0n) is 15.7. The maximum absolute atomic E-state index is 12.4. The Balaban J connectivity index is 1.31. The van der Waals surface area contributed by atoms with Crippen molar-refractivity contribution in [1.29, 1.82) is 0 Å². The number of aryl methyl sites for hydroxylation is 1. The first-order chi connectivity index (χ1) is 14.2. The summed E-state index contributed by atoms with van der Waals surface area (Å²) in [7, 11) is 0. The molecule has 1 saturated heterocycles. The predicted molar refractivity (Wildman–Crippen MR) is 106 cm³/mol. The lowest BCUT2D eigenvalue weighted by Crippen LogP contribution is -2.25. The summed E-state index contributed by atoms with van der Waals surface area (Å²) in [6, 6.07) is 16.8. The lowest BCUT2D eigenvalue weighted by molar-refractivity contribution is -0.116. The molecule has 9 heteroatoms. The molecular weight excluding hydrogens is 372 g/mol. The third-order valence-electron chi connectivity index (χ3n) is 4.48. The van der Waals surface area contributed by atoms with Crippen molar-refractivity contribution in [3.63, 3.8) is 0 Å². The van der Waals surface area contributed by atoms with Crippen molar-refractivity contribution in [2.24, 2.45) is 0 Å². The van der Waals surface area contributed by atoms with Crippen LogP contribution >= 0.6 is 0 Å². The second kappa shape index (κ2) is 8.51. The van der Waals surface area contributed by atoms with Crippen LogP contribution in [0.5, 0.6) is 0 Å². The van der Waals surface area contributed by atoms with Gasteiger partial charge in [-0.3, -0.25) is 9.69 Å². The second-order valence-electron chi connectivity index (χ2n) is 6.51. The first-order valence-corrected chi connectivity index (χ1v) is 9.37. The summed E-state index contributed by atoms with van der Waals surface area (Å²) in [6.07, 6.45) is 0.448. The van der Waals surface area contributed by atoms with Crippen molar-refractivity contribution in [3.8, 4) is 11.4 Å². The number of amides is 2. The molecule has 0 unspecified atom stereocenters. The molecule has 1 fully saturated rings. The Labute approximate surface area is 167 Å². The summed E-state index contributed by atoms with van der Waals surface area (Å²) in [4.78, 5) is 27.2. The summed E-state index contributed by atoms with van der Waals surface area (Å²) in [5.74, 6) is 0.412. The van der Waals surface area contributed by atoms with Gasteiger partial charge in [-0.15, -0.1) is 10.2 Å². The van der Waals surface area contributed by atoms with Gasteiger partial charge < -0.3 is 10.1 Å². The van der Waals surface area contributed by atoms with E-state index < -0.39 is 6.09 Å². The number of para-hydroxylation sites is 2. The third-order valence-corrected chi connectivity index (χ3v) is 4.48. The van der Waals surface area contributed by atoms with Crippen LogP contribution in [0, 0.1) is 0 Å². The van der Waals surface area contributed by atoms with Gasteiger partial charge in [-0.05, 0) is 23.8 Å². The zero-order chi connectivity index (χ0) is 20.1. The lowest BCUT2D eigenvalue weighted by Gasteiger charge is -2.17. The third kappa shape index (κ3) is 4.40. The Kier molecular flexibility index (Phi) is 5.46. The molecular formula is C20H20N6O3. The normalized spacial score (nSPS) is 13.4. The Morgan fingerprint density at radius 1 is 1.10 bits per heavy atom. The lowest BCUT2D eigenvalue weighted by atomic mass is 10.2. The number of benzene rings is 2. The van der Waals surface area contributed by atoms with Gasteiger partial charge in [0.05, 0.1) is 24.5 Å². The summed E-state index contributed by atoms with van der Waals surface area (Å²) in [6.45, 7) is 1.29. The zero-order valence-corrected chi connectivity index (χ0v) is 15.7. The highest BCUT2D eigenvalue weighted by Crippen LogP contribution is 2.28. The van der Waals surface area contributed by atoms with E-state index in [1.165, 1.54) is 9.70 Å². The summed E-state index contributed by atoms with van der Waals surface area (Å²) < 4.78 is 4.98. The highest BCUT2D eigenvalue weighted by molar-refractivity contribution is 5.99. The molecule has 0 aliphatic carbocycles. The van der Waals surface area contributed by atoms with Crippen LogP contribution in [0.2, 0.25) is 0 Å². The number of tetrazole rings is 1. The molecule has 1 aliphatic rings. The number of rotatable bonds is 7. The fourth-order valence-electron chi connectivity index (χ4n) is 3.06. The van der Waals surface area contributed by atoms with Gasteiger partial charge in [0.1, 0.15) is 6.61 Å². The molecule has 1 N–H and O–H groups in total. The molecule has 2 aromatic carbocycles. The number of carbonyl (C=O) groups excluding carboxylic acids is 2. The number of hydrogen-bond acceptors (Lipinski definition) is 6. The van der Waals surface area contributed by atoms with E-state index >= 15 is 0 Å². The van der Waals surface area contributed by atoms with Crippen LogP contribution in [-0.2, 0) is 16.1 Å². The van der Waals surface area contributed by atoms with Crippen molar-refractivity contribution >= 4 is 23.4 Å². The second-order valence-corrected chi connectivity index (χ2v) is 6.51. The quantitative estimate of drug-likeness (QED) is 0.663. The molecule has 2 heterocycles. The average molecular weight is 392 g/mol. The molecule has 9 nitrogen and oxygen atoms in total. The van der Waals surface area contributed by atoms with E-state index in [-0.39, 0.29) is 5.91 Å². The van der Waals surface area contributed by atoms with Gasteiger partial charge in [-0.1, -0.05) is 42.5 Å². The molecule has 0 bridgehead atoms. The highest BCUT2D eigenvalue weighted by atomic mass is 16.6. The van der Waals surface area contributed by atoms with Crippen LogP contribution in [0.25, 0.3) is 11.4 Å². The first kappa shape index (κ1) is 18.6. The molecule has 0 spiro atoms. The van der Waals surface area contributed by atoms with E-state index in [0.29, 0.717) is 49.7 Å². The highest BCUT2D eigenvalue weighted by Gasteiger charge is 2.25. The van der Waals surface area contributed by atoms with E-state index in [2.05, 4.69) is 20.7 Å². The minimum Gasteiger partial charge on any atom is -0.447 e. The SMILES string of the molecule is O=C(CCCn1nnc(-c2ccccc2)n1)Nc1ccccc1N1CCOC1=O. The fourth-order valence-corrected chi connectivity index (χ4v) is 3.06. The number of carbonyl (C=O) groups is 2. The summed E-state index contributed by atoms with van der Waals surface area (Å²) >= 11 is 0. The van der Waals surface area contributed by atoms with Crippen molar-refractivity contribution < 1.29 is 14.3 Å². The minimum atomic E-state index is -0.404. The molecule has 3 aromatic rings. The van der Waals surface area contributed by atoms with Gasteiger partial charge in [-0.2, -0.15) is 4.80 Å². The number of anilines is 2. The van der Waals surface area contributed by atoms with E-state index in [4.69, 9.17) is 4.74 Å². The van der Waals surface area contributed by atoms with Gasteiger partial charge in [0.2, 0.25) is 11.7 Å². The van der Waals surface area contributed by atoms with Gasteiger partial charge >= 0.3 is 6.09 Å². The van der Waals surface area contributed by atoms with E-state index in [1.807, 2.05) is 42.5 Å². The Morgan fingerprint density at radius 2 is 1.90 bits per heavy atom. The van der Waals surface area contributed by atoms with Crippen molar-refractivity contribution in [2.75, 3.05) is 23.4 Å². The predicted octanol–water partition coefficient (Wildman–Crippen LogP) is 2.72. The van der Waals surface area contributed by atoms with Crippen LogP contribution in [0.3, 0.4) is 0 Å². The first-order valence-electron chi connectivity index (χ1n) is 9.37. The topological polar surface area (TPSA) is 102 Å². The minimum absolute atomic E-state index is 0.145. The standard InChI is InChI=1S/C20H20N6O3/c27-18(21-16-9-4-5-10-17(16)25-13-14-29-20(25)28)11-6-12-26-23-19(22-24-26)15-7-2-1-3-8-15/h1-5,7-10H,6,11-14H2,(H,21,27). The maximum atomic E-state index is 12.4. The van der Waals surface area contributed by atoms with Gasteiger partial charge in [-0.25, -0.2) is 4.79 Å².